The molecule has 1 aromatic heterocycles. The highest BCUT2D eigenvalue weighted by atomic mass is 14.9. The Morgan fingerprint density at radius 1 is 1.17 bits per heavy atom. The summed E-state index contributed by atoms with van der Waals surface area (Å²) < 4.78 is 0. The first-order valence-corrected chi connectivity index (χ1v) is 6.82. The quantitative estimate of drug-likeness (QED) is 0.859. The van der Waals surface area contributed by atoms with Crippen LogP contribution in [0, 0.1) is 5.92 Å². The summed E-state index contributed by atoms with van der Waals surface area (Å²) in [5, 5.41) is 4.67. The molecule has 1 N–H and O–H groups in total. The van der Waals surface area contributed by atoms with Crippen molar-refractivity contribution < 1.29 is 0 Å². The van der Waals surface area contributed by atoms with E-state index in [9.17, 15) is 0 Å². The highest BCUT2D eigenvalue weighted by Gasteiger charge is 2.19. The van der Waals surface area contributed by atoms with Crippen LogP contribution in [0.15, 0.2) is 36.5 Å². The fraction of sp³-hybridized carbons (Fsp3) is 0.438. The van der Waals surface area contributed by atoms with E-state index in [1.54, 1.807) is 0 Å². The number of nitrogens with zero attached hydrogens (tertiary/aromatic N) is 1. The van der Waals surface area contributed by atoms with Gasteiger partial charge in [-0.3, -0.25) is 4.98 Å². The Morgan fingerprint density at radius 2 is 1.89 bits per heavy atom. The Bertz CT molecular complexity index is 503. The molecule has 2 nitrogen and oxygen atoms in total. The lowest BCUT2D eigenvalue weighted by atomic mass is 9.89. The Kier molecular flexibility index (Phi) is 4.32. The van der Waals surface area contributed by atoms with Gasteiger partial charge in [-0.1, -0.05) is 44.9 Å². The number of hydrogen-bond acceptors (Lipinski definition) is 2. The van der Waals surface area contributed by atoms with Crippen molar-refractivity contribution in [2.45, 2.75) is 32.7 Å². The zero-order chi connectivity index (χ0) is 13.0. The van der Waals surface area contributed by atoms with Crippen molar-refractivity contribution in [3.63, 3.8) is 0 Å². The summed E-state index contributed by atoms with van der Waals surface area (Å²) in [4.78, 5) is 4.56. The minimum atomic E-state index is 0.400. The summed E-state index contributed by atoms with van der Waals surface area (Å²) in [6.45, 7) is 4.51. The molecule has 0 aliphatic heterocycles. The average Bonchev–Trinajstić information content (AvgIpc) is 2.44. The number of hydrogen-bond donors (Lipinski definition) is 1. The van der Waals surface area contributed by atoms with Gasteiger partial charge < -0.3 is 5.32 Å². The summed E-state index contributed by atoms with van der Waals surface area (Å²) >= 11 is 0. The van der Waals surface area contributed by atoms with Gasteiger partial charge in [0.15, 0.2) is 0 Å². The van der Waals surface area contributed by atoms with E-state index < -0.39 is 0 Å². The van der Waals surface area contributed by atoms with E-state index in [0.29, 0.717) is 12.0 Å². The number of para-hydroxylation sites is 1. The van der Waals surface area contributed by atoms with Crippen molar-refractivity contribution in [3.05, 3.63) is 42.1 Å². The topological polar surface area (TPSA) is 24.9 Å². The largest absolute Gasteiger partial charge is 0.313 e. The predicted octanol–water partition coefficient (Wildman–Crippen LogP) is 3.93. The van der Waals surface area contributed by atoms with Gasteiger partial charge in [-0.2, -0.15) is 0 Å². The molecule has 96 valence electrons. The summed E-state index contributed by atoms with van der Waals surface area (Å²) in [6, 6.07) is 11.0. The van der Waals surface area contributed by atoms with Crippen molar-refractivity contribution in [1.29, 1.82) is 0 Å². The lowest BCUT2D eigenvalue weighted by Crippen LogP contribution is -2.24. The van der Waals surface area contributed by atoms with E-state index in [4.69, 9.17) is 0 Å². The zero-order valence-corrected chi connectivity index (χ0v) is 11.5. The first-order chi connectivity index (χ1) is 8.80. The molecule has 0 aliphatic carbocycles. The molecule has 0 amide bonds. The second kappa shape index (κ2) is 5.96. The molecule has 0 radical (unpaired) electrons. The van der Waals surface area contributed by atoms with Gasteiger partial charge in [0.05, 0.1) is 5.52 Å². The second-order valence-corrected chi connectivity index (χ2v) is 4.80. The first kappa shape index (κ1) is 13.0. The van der Waals surface area contributed by atoms with E-state index in [0.717, 1.165) is 5.52 Å². The van der Waals surface area contributed by atoms with E-state index in [1.807, 2.05) is 19.3 Å². The van der Waals surface area contributed by atoms with Crippen LogP contribution in [0.4, 0.5) is 0 Å². The number of aromatic nitrogens is 1. The molecule has 0 aliphatic rings. The molecular formula is C16H22N2. The first-order valence-electron chi connectivity index (χ1n) is 6.82. The summed E-state index contributed by atoms with van der Waals surface area (Å²) in [6.07, 6.45) is 4.39. The predicted molar refractivity (Wildman–Crippen MR) is 77.6 cm³/mol. The molecular weight excluding hydrogens is 220 g/mol. The fourth-order valence-electron chi connectivity index (χ4n) is 2.69. The molecule has 0 saturated heterocycles. The van der Waals surface area contributed by atoms with Crippen LogP contribution < -0.4 is 5.32 Å². The maximum Gasteiger partial charge on any atom is 0.0702 e. The van der Waals surface area contributed by atoms with Gasteiger partial charge in [0.1, 0.15) is 0 Å². The highest BCUT2D eigenvalue weighted by Crippen LogP contribution is 2.28. The minimum absolute atomic E-state index is 0.400. The SMILES string of the molecule is CCC(CC)C(NC)c1cnc2ccccc2c1. The van der Waals surface area contributed by atoms with Gasteiger partial charge in [0, 0.05) is 17.6 Å². The van der Waals surface area contributed by atoms with Crippen LogP contribution in [0.3, 0.4) is 0 Å². The molecule has 2 rings (SSSR count). The van der Waals surface area contributed by atoms with E-state index in [-0.39, 0.29) is 0 Å². The van der Waals surface area contributed by atoms with Gasteiger partial charge in [-0.15, -0.1) is 0 Å². The lowest BCUT2D eigenvalue weighted by Gasteiger charge is -2.25. The summed E-state index contributed by atoms with van der Waals surface area (Å²) in [5.41, 5.74) is 2.37. The van der Waals surface area contributed by atoms with E-state index in [2.05, 4.69) is 48.4 Å². The van der Waals surface area contributed by atoms with Crippen molar-refractivity contribution >= 4 is 10.9 Å². The lowest BCUT2D eigenvalue weighted by molar-refractivity contribution is 0.359. The molecule has 2 heteroatoms. The van der Waals surface area contributed by atoms with Crippen LogP contribution in [0.25, 0.3) is 10.9 Å². The molecule has 1 heterocycles. The Balaban J connectivity index is 2.39. The molecule has 1 atom stereocenters. The molecule has 0 saturated carbocycles. The smallest absolute Gasteiger partial charge is 0.0702 e. The second-order valence-electron chi connectivity index (χ2n) is 4.80. The van der Waals surface area contributed by atoms with E-state index in [1.165, 1.54) is 23.8 Å². The molecule has 18 heavy (non-hydrogen) atoms. The van der Waals surface area contributed by atoms with Gasteiger partial charge in [-0.25, -0.2) is 0 Å². The monoisotopic (exact) mass is 242 g/mol. The Morgan fingerprint density at radius 3 is 2.56 bits per heavy atom. The maximum atomic E-state index is 4.56. The Labute approximate surface area is 109 Å². The normalized spacial score (nSPS) is 13.1. The third-order valence-electron chi connectivity index (χ3n) is 3.80. The summed E-state index contributed by atoms with van der Waals surface area (Å²) in [5.74, 6) is 0.665. The number of rotatable bonds is 5. The van der Waals surface area contributed by atoms with Gasteiger partial charge >= 0.3 is 0 Å². The minimum Gasteiger partial charge on any atom is -0.313 e. The number of benzene rings is 1. The number of nitrogens with one attached hydrogen (secondary N) is 1. The van der Waals surface area contributed by atoms with Crippen molar-refractivity contribution in [2.24, 2.45) is 5.92 Å². The molecule has 0 bridgehead atoms. The zero-order valence-electron chi connectivity index (χ0n) is 11.5. The third-order valence-corrected chi connectivity index (χ3v) is 3.80. The maximum absolute atomic E-state index is 4.56. The van der Waals surface area contributed by atoms with Crippen molar-refractivity contribution in [3.8, 4) is 0 Å². The standard InChI is InChI=1S/C16H22N2/c1-4-12(5-2)16(17-3)14-10-13-8-6-7-9-15(13)18-11-14/h6-12,16-17H,4-5H2,1-3H3. The molecule has 0 fully saturated rings. The number of fused-ring (bicyclic) bond motifs is 1. The van der Waals surface area contributed by atoms with Gasteiger partial charge in [0.25, 0.3) is 0 Å². The van der Waals surface area contributed by atoms with Crippen LogP contribution in [0.5, 0.6) is 0 Å². The fourth-order valence-corrected chi connectivity index (χ4v) is 2.69. The average molecular weight is 242 g/mol. The molecule has 0 spiro atoms. The van der Waals surface area contributed by atoms with Crippen LogP contribution in [-0.4, -0.2) is 12.0 Å². The van der Waals surface area contributed by atoms with Crippen molar-refractivity contribution in [2.75, 3.05) is 7.05 Å². The molecule has 2 aromatic rings. The van der Waals surface area contributed by atoms with Gasteiger partial charge in [0.2, 0.25) is 0 Å². The third kappa shape index (κ3) is 2.54. The van der Waals surface area contributed by atoms with Crippen LogP contribution in [-0.2, 0) is 0 Å². The summed E-state index contributed by atoms with van der Waals surface area (Å²) in [7, 11) is 2.04. The van der Waals surface area contributed by atoms with E-state index >= 15 is 0 Å². The molecule has 1 unspecified atom stereocenters. The van der Waals surface area contributed by atoms with Crippen molar-refractivity contribution in [1.82, 2.24) is 10.3 Å². The van der Waals surface area contributed by atoms with Gasteiger partial charge in [-0.05, 0) is 30.7 Å². The van der Waals surface area contributed by atoms with Crippen LogP contribution >= 0.6 is 0 Å². The highest BCUT2D eigenvalue weighted by molar-refractivity contribution is 5.78. The number of pyridine rings is 1. The Hall–Kier alpha value is -1.41. The van der Waals surface area contributed by atoms with Crippen LogP contribution in [0.1, 0.15) is 38.3 Å². The molecule has 1 aromatic carbocycles. The van der Waals surface area contributed by atoms with Crippen LogP contribution in [0.2, 0.25) is 0 Å².